The summed E-state index contributed by atoms with van der Waals surface area (Å²) in [7, 11) is 0. The Bertz CT molecular complexity index is 476. The Hall–Kier alpha value is -1.49. The molecule has 1 aromatic heterocycles. The first-order chi connectivity index (χ1) is 8.95. The number of hydrogen-bond donors (Lipinski definition) is 2. The molecule has 104 valence electrons. The molecule has 0 aliphatic carbocycles. The van der Waals surface area contributed by atoms with E-state index < -0.39 is 5.41 Å². The van der Waals surface area contributed by atoms with Crippen LogP contribution >= 0.6 is 12.2 Å². The number of aromatic nitrogens is 1. The largest absolute Gasteiger partial charge is 0.392 e. The highest BCUT2D eigenvalue weighted by atomic mass is 32.1. The molecule has 0 bridgehead atoms. The summed E-state index contributed by atoms with van der Waals surface area (Å²) < 4.78 is 0. The van der Waals surface area contributed by atoms with Crippen LogP contribution in [0.3, 0.4) is 0 Å². The Labute approximate surface area is 119 Å². The van der Waals surface area contributed by atoms with Gasteiger partial charge in [-0.15, -0.1) is 0 Å². The van der Waals surface area contributed by atoms with Gasteiger partial charge in [0, 0.05) is 6.20 Å². The quantitative estimate of drug-likeness (QED) is 0.781. The van der Waals surface area contributed by atoms with E-state index in [0.29, 0.717) is 13.0 Å². The zero-order chi connectivity index (χ0) is 14.5. The minimum absolute atomic E-state index is 0.143. The lowest BCUT2D eigenvalue weighted by Crippen LogP contribution is -2.46. The third-order valence-corrected chi connectivity index (χ3v) is 3.98. The summed E-state index contributed by atoms with van der Waals surface area (Å²) >= 11 is 4.99. The number of aryl methyl sites for hydroxylation is 1. The Kier molecular flexibility index (Phi) is 5.42. The lowest BCUT2D eigenvalue weighted by Gasteiger charge is -2.25. The Morgan fingerprint density at radius 1 is 1.53 bits per heavy atom. The number of hydrogen-bond acceptors (Lipinski definition) is 3. The molecule has 4 nitrogen and oxygen atoms in total. The van der Waals surface area contributed by atoms with Gasteiger partial charge in [-0.25, -0.2) is 0 Å². The molecule has 0 aliphatic heterocycles. The molecule has 19 heavy (non-hydrogen) atoms. The number of carbonyl (C=O) groups is 1. The molecular formula is C14H21N3OS. The molecule has 0 spiro atoms. The second-order valence-corrected chi connectivity index (χ2v) is 5.14. The lowest BCUT2D eigenvalue weighted by atomic mass is 9.86. The van der Waals surface area contributed by atoms with Gasteiger partial charge in [-0.1, -0.05) is 32.1 Å². The number of amides is 1. The third-order valence-electron chi connectivity index (χ3n) is 3.53. The standard InChI is InChI=1S/C14H21N3OS/c1-4-10-7-6-8-16-11(10)9-17-13(18)14(3,5-2)12(15)19/h6-8H,4-5,9H2,1-3H3,(H2,15,19)(H,17,18). The predicted octanol–water partition coefficient (Wildman–Crippen LogP) is 1.96. The molecule has 0 radical (unpaired) electrons. The van der Waals surface area contributed by atoms with E-state index in [1.807, 2.05) is 19.1 Å². The number of thiocarbonyl (C=S) groups is 1. The van der Waals surface area contributed by atoms with Gasteiger partial charge in [0.1, 0.15) is 0 Å². The van der Waals surface area contributed by atoms with Gasteiger partial charge in [0.05, 0.1) is 22.6 Å². The van der Waals surface area contributed by atoms with E-state index in [2.05, 4.69) is 17.2 Å². The Morgan fingerprint density at radius 3 is 2.74 bits per heavy atom. The van der Waals surface area contributed by atoms with Crippen LogP contribution in [0.1, 0.15) is 38.4 Å². The van der Waals surface area contributed by atoms with Crippen molar-refractivity contribution in [3.8, 4) is 0 Å². The summed E-state index contributed by atoms with van der Waals surface area (Å²) in [5.41, 5.74) is 6.89. The molecule has 1 amide bonds. The minimum atomic E-state index is -0.795. The van der Waals surface area contributed by atoms with Crippen LogP contribution in [0.25, 0.3) is 0 Å². The summed E-state index contributed by atoms with van der Waals surface area (Å²) in [5, 5.41) is 2.88. The van der Waals surface area contributed by atoms with Crippen molar-refractivity contribution in [3.63, 3.8) is 0 Å². The summed E-state index contributed by atoms with van der Waals surface area (Å²) in [6.07, 6.45) is 3.20. The number of rotatable bonds is 6. The average Bonchev–Trinajstić information content (AvgIpc) is 2.43. The molecule has 0 fully saturated rings. The van der Waals surface area contributed by atoms with Crippen molar-refractivity contribution >= 4 is 23.1 Å². The van der Waals surface area contributed by atoms with Crippen molar-refractivity contribution in [1.82, 2.24) is 10.3 Å². The monoisotopic (exact) mass is 279 g/mol. The Morgan fingerprint density at radius 2 is 2.21 bits per heavy atom. The molecule has 0 saturated heterocycles. The van der Waals surface area contributed by atoms with Gasteiger partial charge in [0.15, 0.2) is 0 Å². The van der Waals surface area contributed by atoms with E-state index in [4.69, 9.17) is 18.0 Å². The maximum atomic E-state index is 12.2. The second-order valence-electron chi connectivity index (χ2n) is 4.70. The highest BCUT2D eigenvalue weighted by Crippen LogP contribution is 2.21. The maximum Gasteiger partial charge on any atom is 0.233 e. The van der Waals surface area contributed by atoms with E-state index in [1.165, 1.54) is 0 Å². The molecule has 3 N–H and O–H groups in total. The molecule has 0 aromatic carbocycles. The van der Waals surface area contributed by atoms with Gasteiger partial charge in [0.25, 0.3) is 0 Å². The minimum Gasteiger partial charge on any atom is -0.392 e. The van der Waals surface area contributed by atoms with Crippen molar-refractivity contribution in [1.29, 1.82) is 0 Å². The first-order valence-corrected chi connectivity index (χ1v) is 6.87. The topological polar surface area (TPSA) is 68.0 Å². The summed E-state index contributed by atoms with van der Waals surface area (Å²) in [6.45, 7) is 6.13. The number of pyridine rings is 1. The fraction of sp³-hybridized carbons (Fsp3) is 0.500. The average molecular weight is 279 g/mol. The third kappa shape index (κ3) is 3.50. The van der Waals surface area contributed by atoms with Crippen molar-refractivity contribution in [2.45, 2.75) is 40.2 Å². The SMILES string of the molecule is CCc1cccnc1CNC(=O)C(C)(CC)C(N)=S. The number of carbonyl (C=O) groups excluding carboxylic acids is 1. The highest BCUT2D eigenvalue weighted by Gasteiger charge is 2.34. The summed E-state index contributed by atoms with van der Waals surface area (Å²) in [6, 6.07) is 3.91. The van der Waals surface area contributed by atoms with Crippen LogP contribution in [-0.4, -0.2) is 15.9 Å². The molecule has 1 atom stereocenters. The molecule has 1 aromatic rings. The van der Waals surface area contributed by atoms with Gasteiger partial charge in [0.2, 0.25) is 5.91 Å². The van der Waals surface area contributed by atoms with Crippen LogP contribution in [0, 0.1) is 5.41 Å². The van der Waals surface area contributed by atoms with Gasteiger partial charge in [-0.05, 0) is 31.4 Å². The molecule has 1 heterocycles. The van der Waals surface area contributed by atoms with Gasteiger partial charge in [-0.3, -0.25) is 9.78 Å². The zero-order valence-corrected chi connectivity index (χ0v) is 12.5. The predicted molar refractivity (Wildman–Crippen MR) is 80.6 cm³/mol. The normalized spacial score (nSPS) is 13.6. The van der Waals surface area contributed by atoms with Crippen molar-refractivity contribution in [3.05, 3.63) is 29.6 Å². The molecule has 1 rings (SSSR count). The van der Waals surface area contributed by atoms with Crippen LogP contribution in [0.2, 0.25) is 0 Å². The van der Waals surface area contributed by atoms with Crippen molar-refractivity contribution < 1.29 is 4.79 Å². The second kappa shape index (κ2) is 6.61. The van der Waals surface area contributed by atoms with E-state index in [1.54, 1.807) is 13.1 Å². The zero-order valence-electron chi connectivity index (χ0n) is 11.7. The Balaban J connectivity index is 2.76. The van der Waals surface area contributed by atoms with Crippen LogP contribution in [0.5, 0.6) is 0 Å². The first-order valence-electron chi connectivity index (χ1n) is 6.46. The van der Waals surface area contributed by atoms with Crippen LogP contribution < -0.4 is 11.1 Å². The maximum absolute atomic E-state index is 12.2. The van der Waals surface area contributed by atoms with E-state index in [9.17, 15) is 4.79 Å². The van der Waals surface area contributed by atoms with E-state index in [0.717, 1.165) is 17.7 Å². The summed E-state index contributed by atoms with van der Waals surface area (Å²) in [4.78, 5) is 16.7. The smallest absolute Gasteiger partial charge is 0.233 e. The fourth-order valence-electron chi connectivity index (χ4n) is 1.76. The highest BCUT2D eigenvalue weighted by molar-refractivity contribution is 7.80. The number of nitrogens with zero attached hydrogens (tertiary/aromatic N) is 1. The number of nitrogens with one attached hydrogen (secondary N) is 1. The molecule has 0 aliphatic rings. The molecular weight excluding hydrogens is 258 g/mol. The molecule has 0 saturated carbocycles. The number of nitrogens with two attached hydrogens (primary N) is 1. The van der Waals surface area contributed by atoms with Crippen molar-refractivity contribution in [2.24, 2.45) is 11.1 Å². The van der Waals surface area contributed by atoms with E-state index in [-0.39, 0.29) is 10.9 Å². The van der Waals surface area contributed by atoms with Gasteiger partial charge < -0.3 is 11.1 Å². The van der Waals surface area contributed by atoms with Crippen LogP contribution in [-0.2, 0) is 17.8 Å². The summed E-state index contributed by atoms with van der Waals surface area (Å²) in [5.74, 6) is -0.143. The van der Waals surface area contributed by atoms with Gasteiger partial charge in [-0.2, -0.15) is 0 Å². The molecule has 5 heteroatoms. The van der Waals surface area contributed by atoms with Gasteiger partial charge >= 0.3 is 0 Å². The van der Waals surface area contributed by atoms with Crippen molar-refractivity contribution in [2.75, 3.05) is 0 Å². The first kappa shape index (κ1) is 15.6. The van der Waals surface area contributed by atoms with Crippen LogP contribution in [0.15, 0.2) is 18.3 Å². The fourth-order valence-corrected chi connectivity index (χ4v) is 2.00. The van der Waals surface area contributed by atoms with Crippen LogP contribution in [0.4, 0.5) is 0 Å². The van der Waals surface area contributed by atoms with E-state index >= 15 is 0 Å². The molecule has 1 unspecified atom stereocenters. The lowest BCUT2D eigenvalue weighted by molar-refractivity contribution is -0.127.